The van der Waals surface area contributed by atoms with Gasteiger partial charge < -0.3 is 15.4 Å². The number of halogens is 2. The minimum atomic E-state index is -0.0704. The summed E-state index contributed by atoms with van der Waals surface area (Å²) in [4.78, 5) is 7.34. The predicted molar refractivity (Wildman–Crippen MR) is 121 cm³/mol. The summed E-state index contributed by atoms with van der Waals surface area (Å²) in [6.45, 7) is 0. The lowest BCUT2D eigenvalue weighted by molar-refractivity contribution is 0.459. The largest absolute Gasteiger partial charge is 0.493 e. The molecule has 0 atom stereocenters. The van der Waals surface area contributed by atoms with Crippen LogP contribution in [0.1, 0.15) is 0 Å². The molecule has 0 unspecified atom stereocenters. The monoisotopic (exact) mass is 491 g/mol. The van der Waals surface area contributed by atoms with Crippen LogP contribution in [0, 0.1) is 0 Å². The number of azo groups is 1. The van der Waals surface area contributed by atoms with Crippen LogP contribution in [0.2, 0.25) is 5.02 Å². The molecule has 2 heterocycles. The maximum absolute atomic E-state index is 10.1. The Balaban J connectivity index is 1.50. The molecule has 0 saturated heterocycles. The molecular formula is C18H11BrClN5OS2. The van der Waals surface area contributed by atoms with E-state index in [9.17, 15) is 5.11 Å². The molecule has 6 nitrogen and oxygen atoms in total. The topological polar surface area (TPSA) is 85.7 Å². The number of nitrogens with zero attached hydrogens (tertiary/aromatic N) is 3. The minimum absolute atomic E-state index is 0.0704. The molecule has 2 aromatic heterocycles. The highest BCUT2D eigenvalue weighted by Gasteiger charge is 2.11. The van der Waals surface area contributed by atoms with Gasteiger partial charge in [0.1, 0.15) is 0 Å². The maximum Gasteiger partial charge on any atom is 0.220 e. The van der Waals surface area contributed by atoms with E-state index < -0.39 is 0 Å². The number of hydrogen-bond acceptors (Lipinski definition) is 5. The fourth-order valence-electron chi connectivity index (χ4n) is 2.53. The molecular weight excluding hydrogens is 482 g/mol. The third-order valence-corrected chi connectivity index (χ3v) is 5.50. The van der Waals surface area contributed by atoms with E-state index in [0.29, 0.717) is 15.8 Å². The van der Waals surface area contributed by atoms with Gasteiger partial charge in [0.05, 0.1) is 11.2 Å². The molecule has 0 aliphatic heterocycles. The Bertz CT molecular complexity index is 1200. The SMILES string of the molecule is Oc1[nH]c2ccc(Br)cc2c1N=NC(=S)Nc1nc(-c2ccc(Cl)cc2)cs1. The molecule has 4 aromatic rings. The van der Waals surface area contributed by atoms with Gasteiger partial charge in [0, 0.05) is 25.8 Å². The third-order valence-electron chi connectivity index (χ3n) is 3.81. The van der Waals surface area contributed by atoms with Crippen molar-refractivity contribution < 1.29 is 5.11 Å². The molecule has 0 aliphatic rings. The summed E-state index contributed by atoms with van der Waals surface area (Å²) in [5.74, 6) is -0.0704. The number of thiocarbonyl (C=S) groups is 1. The number of aromatic nitrogens is 2. The number of fused-ring (bicyclic) bond motifs is 1. The van der Waals surface area contributed by atoms with Gasteiger partial charge in [-0.1, -0.05) is 39.7 Å². The van der Waals surface area contributed by atoms with Crippen LogP contribution in [-0.4, -0.2) is 20.2 Å². The number of aromatic hydroxyl groups is 1. The Morgan fingerprint density at radius 1 is 1.25 bits per heavy atom. The first-order chi connectivity index (χ1) is 13.5. The molecule has 0 amide bonds. The smallest absolute Gasteiger partial charge is 0.220 e. The van der Waals surface area contributed by atoms with Crippen molar-refractivity contribution in [1.29, 1.82) is 0 Å². The van der Waals surface area contributed by atoms with Crippen molar-refractivity contribution in [3.05, 3.63) is 57.3 Å². The van der Waals surface area contributed by atoms with Gasteiger partial charge in [-0.2, -0.15) is 0 Å². The van der Waals surface area contributed by atoms with E-state index in [-0.39, 0.29) is 11.0 Å². The number of H-pyrrole nitrogens is 1. The third kappa shape index (κ3) is 4.07. The molecule has 3 N–H and O–H groups in total. The fraction of sp³-hybridized carbons (Fsp3) is 0. The van der Waals surface area contributed by atoms with E-state index in [0.717, 1.165) is 26.6 Å². The zero-order chi connectivity index (χ0) is 19.7. The lowest BCUT2D eigenvalue weighted by Crippen LogP contribution is -2.04. The van der Waals surface area contributed by atoms with E-state index in [4.69, 9.17) is 23.8 Å². The van der Waals surface area contributed by atoms with Crippen molar-refractivity contribution in [1.82, 2.24) is 9.97 Å². The van der Waals surface area contributed by atoms with Gasteiger partial charge in [0.15, 0.2) is 10.8 Å². The average molecular weight is 493 g/mol. The first kappa shape index (κ1) is 19.0. The van der Waals surface area contributed by atoms with Crippen LogP contribution in [-0.2, 0) is 0 Å². The Hall–Kier alpha value is -2.33. The van der Waals surface area contributed by atoms with Gasteiger partial charge in [-0.05, 0) is 42.5 Å². The van der Waals surface area contributed by atoms with Gasteiger partial charge in [-0.15, -0.1) is 21.6 Å². The highest BCUT2D eigenvalue weighted by molar-refractivity contribution is 9.10. The highest BCUT2D eigenvalue weighted by atomic mass is 79.9. The number of rotatable bonds is 3. The predicted octanol–water partition coefficient (Wildman–Crippen LogP) is 6.89. The van der Waals surface area contributed by atoms with E-state index in [1.807, 2.05) is 47.8 Å². The molecule has 0 spiro atoms. The Morgan fingerprint density at radius 3 is 2.82 bits per heavy atom. The average Bonchev–Trinajstić information content (AvgIpc) is 3.24. The lowest BCUT2D eigenvalue weighted by atomic mass is 10.2. The van der Waals surface area contributed by atoms with Crippen LogP contribution >= 0.6 is 51.1 Å². The molecule has 140 valence electrons. The molecule has 4 rings (SSSR count). The Morgan fingerprint density at radius 2 is 2.04 bits per heavy atom. The summed E-state index contributed by atoms with van der Waals surface area (Å²) < 4.78 is 0.869. The van der Waals surface area contributed by atoms with Gasteiger partial charge in [-0.25, -0.2) is 4.98 Å². The molecule has 10 heteroatoms. The summed E-state index contributed by atoms with van der Waals surface area (Å²) in [5, 5.41) is 25.1. The second-order valence-electron chi connectivity index (χ2n) is 5.69. The standard InChI is InChI=1S/C18H11BrClN5OS2/c19-10-3-6-13-12(7-10)15(16(26)21-13)24-25-17(27)23-18-22-14(8-28-18)9-1-4-11(20)5-2-9/h1-8,21,26H,(H,22,23,27). The number of hydrogen-bond donors (Lipinski definition) is 3. The zero-order valence-corrected chi connectivity index (χ0v) is 18.0. The molecule has 0 saturated carbocycles. The van der Waals surface area contributed by atoms with Gasteiger partial charge >= 0.3 is 0 Å². The van der Waals surface area contributed by atoms with Gasteiger partial charge in [-0.3, -0.25) is 0 Å². The van der Waals surface area contributed by atoms with Crippen molar-refractivity contribution in [2.75, 3.05) is 5.32 Å². The molecule has 0 fully saturated rings. The number of anilines is 1. The molecule has 0 radical (unpaired) electrons. The molecule has 0 bridgehead atoms. The van der Waals surface area contributed by atoms with Crippen LogP contribution in [0.3, 0.4) is 0 Å². The second-order valence-corrected chi connectivity index (χ2v) is 8.28. The van der Waals surface area contributed by atoms with Crippen LogP contribution < -0.4 is 5.32 Å². The Labute approximate surface area is 182 Å². The van der Waals surface area contributed by atoms with Gasteiger partial charge in [0.2, 0.25) is 11.0 Å². The quantitative estimate of drug-likeness (QED) is 0.215. The summed E-state index contributed by atoms with van der Waals surface area (Å²) in [7, 11) is 0. The van der Waals surface area contributed by atoms with E-state index >= 15 is 0 Å². The van der Waals surface area contributed by atoms with Crippen LogP contribution in [0.25, 0.3) is 22.2 Å². The summed E-state index contributed by atoms with van der Waals surface area (Å²) in [5.41, 5.74) is 2.83. The first-order valence-electron chi connectivity index (χ1n) is 7.94. The van der Waals surface area contributed by atoms with Crippen LogP contribution in [0.15, 0.2) is 62.5 Å². The van der Waals surface area contributed by atoms with Crippen molar-refractivity contribution in [2.24, 2.45) is 10.2 Å². The number of nitrogens with one attached hydrogen (secondary N) is 2. The number of thiazole rings is 1. The van der Waals surface area contributed by atoms with Crippen molar-refractivity contribution >= 4 is 77.9 Å². The lowest BCUT2D eigenvalue weighted by Gasteiger charge is -1.98. The van der Waals surface area contributed by atoms with Crippen LogP contribution in [0.4, 0.5) is 10.8 Å². The van der Waals surface area contributed by atoms with Gasteiger partial charge in [0.25, 0.3) is 0 Å². The molecule has 0 aliphatic carbocycles. The normalized spacial score (nSPS) is 11.4. The first-order valence-corrected chi connectivity index (χ1v) is 10.4. The molecule has 2 aromatic carbocycles. The summed E-state index contributed by atoms with van der Waals surface area (Å²) in [6, 6.07) is 13.0. The Kier molecular flexibility index (Phi) is 5.40. The van der Waals surface area contributed by atoms with E-state index in [2.05, 4.69) is 41.4 Å². The number of benzene rings is 2. The summed E-state index contributed by atoms with van der Waals surface area (Å²) >= 11 is 15.9. The van der Waals surface area contributed by atoms with E-state index in [1.165, 1.54) is 11.3 Å². The van der Waals surface area contributed by atoms with Crippen molar-refractivity contribution in [2.45, 2.75) is 0 Å². The maximum atomic E-state index is 10.1. The summed E-state index contributed by atoms with van der Waals surface area (Å²) in [6.07, 6.45) is 0. The van der Waals surface area contributed by atoms with Crippen molar-refractivity contribution in [3.63, 3.8) is 0 Å². The van der Waals surface area contributed by atoms with E-state index in [1.54, 1.807) is 0 Å². The second kappa shape index (κ2) is 7.96. The fourth-order valence-corrected chi connectivity index (χ4v) is 3.94. The van der Waals surface area contributed by atoms with Crippen LogP contribution in [0.5, 0.6) is 5.88 Å². The highest BCUT2D eigenvalue weighted by Crippen LogP contribution is 2.37. The zero-order valence-electron chi connectivity index (χ0n) is 14.0. The minimum Gasteiger partial charge on any atom is -0.493 e. The van der Waals surface area contributed by atoms with Crippen molar-refractivity contribution in [3.8, 4) is 17.1 Å². The number of aromatic amines is 1. The molecule has 28 heavy (non-hydrogen) atoms.